The Morgan fingerprint density at radius 1 is 1.36 bits per heavy atom. The minimum Gasteiger partial charge on any atom is -0.480 e. The summed E-state index contributed by atoms with van der Waals surface area (Å²) in [4.78, 5) is 22.3. The van der Waals surface area contributed by atoms with Gasteiger partial charge in [-0.25, -0.2) is 4.79 Å². The highest BCUT2D eigenvalue weighted by Crippen LogP contribution is 2.16. The maximum atomic E-state index is 11.7. The number of esters is 1. The van der Waals surface area contributed by atoms with Gasteiger partial charge < -0.3 is 15.6 Å². The molecule has 1 unspecified atom stereocenters. The maximum Gasteiger partial charge on any atom is 0.338 e. The average molecular weight is 325 g/mol. The van der Waals surface area contributed by atoms with Crippen LogP contribution in [0.1, 0.15) is 34.8 Å². The standard InChI is InChI=1S/C16H23NO4S/c1-3-21-16(20)13-5-4-11(2)12(10-13)6-8-22-9-7-14(17)15(18)19/h4-5,10,14H,3,6-9,17H2,1-2H3,(H,18,19). The van der Waals surface area contributed by atoms with Gasteiger partial charge in [-0.05, 0) is 61.5 Å². The summed E-state index contributed by atoms with van der Waals surface area (Å²) in [7, 11) is 0. The van der Waals surface area contributed by atoms with Crippen LogP contribution in [0.2, 0.25) is 0 Å². The molecule has 0 spiro atoms. The molecule has 1 aromatic carbocycles. The highest BCUT2D eigenvalue weighted by molar-refractivity contribution is 7.99. The molecule has 0 bridgehead atoms. The fourth-order valence-electron chi connectivity index (χ4n) is 1.90. The first kappa shape index (κ1) is 18.5. The van der Waals surface area contributed by atoms with Gasteiger partial charge in [0.15, 0.2) is 0 Å². The molecule has 0 amide bonds. The molecule has 0 aromatic heterocycles. The fraction of sp³-hybridized carbons (Fsp3) is 0.500. The third kappa shape index (κ3) is 6.07. The van der Waals surface area contributed by atoms with Gasteiger partial charge in [0.05, 0.1) is 12.2 Å². The number of carboxylic acids is 1. The van der Waals surface area contributed by atoms with Crippen LogP contribution in [-0.2, 0) is 16.0 Å². The number of thioether (sulfide) groups is 1. The van der Waals surface area contributed by atoms with E-state index in [-0.39, 0.29) is 5.97 Å². The van der Waals surface area contributed by atoms with Crippen LogP contribution in [0.15, 0.2) is 18.2 Å². The van der Waals surface area contributed by atoms with Crippen LogP contribution in [-0.4, -0.2) is 41.2 Å². The lowest BCUT2D eigenvalue weighted by molar-refractivity contribution is -0.138. The Kier molecular flexibility index (Phi) is 7.98. The minimum atomic E-state index is -0.960. The molecular formula is C16H23NO4S. The van der Waals surface area contributed by atoms with Crippen LogP contribution in [0.5, 0.6) is 0 Å². The van der Waals surface area contributed by atoms with Crippen molar-refractivity contribution in [1.82, 2.24) is 0 Å². The van der Waals surface area contributed by atoms with Gasteiger partial charge in [-0.15, -0.1) is 0 Å². The summed E-state index contributed by atoms with van der Waals surface area (Å²) >= 11 is 1.67. The number of rotatable bonds is 9. The molecule has 1 atom stereocenters. The molecule has 0 fully saturated rings. The van der Waals surface area contributed by atoms with E-state index in [0.717, 1.165) is 23.3 Å². The number of benzene rings is 1. The number of hydrogen-bond acceptors (Lipinski definition) is 5. The number of ether oxygens (including phenoxy) is 1. The molecule has 22 heavy (non-hydrogen) atoms. The van der Waals surface area contributed by atoms with Crippen LogP contribution in [0.3, 0.4) is 0 Å². The largest absolute Gasteiger partial charge is 0.480 e. The van der Waals surface area contributed by atoms with Crippen LogP contribution < -0.4 is 5.73 Å². The topological polar surface area (TPSA) is 89.6 Å². The molecule has 1 rings (SSSR count). The Labute approximate surface area is 135 Å². The van der Waals surface area contributed by atoms with Crippen LogP contribution in [0.4, 0.5) is 0 Å². The third-order valence-corrected chi connectivity index (χ3v) is 4.28. The van der Waals surface area contributed by atoms with Crippen LogP contribution in [0, 0.1) is 6.92 Å². The summed E-state index contributed by atoms with van der Waals surface area (Å²) in [6.07, 6.45) is 1.29. The smallest absolute Gasteiger partial charge is 0.338 e. The Balaban J connectivity index is 2.46. The zero-order chi connectivity index (χ0) is 16.5. The van der Waals surface area contributed by atoms with E-state index < -0.39 is 12.0 Å². The number of aryl methyl sites for hydroxylation is 2. The van der Waals surface area contributed by atoms with E-state index in [2.05, 4.69) is 0 Å². The van der Waals surface area contributed by atoms with E-state index in [1.165, 1.54) is 0 Å². The predicted octanol–water partition coefficient (Wildman–Crippen LogP) is 2.25. The normalized spacial score (nSPS) is 12.0. The number of nitrogens with two attached hydrogens (primary N) is 1. The number of carboxylic acid groups (broad SMARTS) is 1. The molecule has 0 aliphatic carbocycles. The highest BCUT2D eigenvalue weighted by atomic mass is 32.2. The highest BCUT2D eigenvalue weighted by Gasteiger charge is 2.11. The van der Waals surface area contributed by atoms with Gasteiger partial charge in [0.2, 0.25) is 0 Å². The predicted molar refractivity (Wildman–Crippen MR) is 88.4 cm³/mol. The van der Waals surface area contributed by atoms with E-state index in [0.29, 0.717) is 24.3 Å². The van der Waals surface area contributed by atoms with Crippen molar-refractivity contribution in [3.8, 4) is 0 Å². The first-order valence-corrected chi connectivity index (χ1v) is 8.44. The molecule has 3 N–H and O–H groups in total. The molecule has 1 aromatic rings. The Morgan fingerprint density at radius 3 is 2.73 bits per heavy atom. The summed E-state index contributed by atoms with van der Waals surface area (Å²) in [6, 6.07) is 4.78. The molecule has 122 valence electrons. The summed E-state index contributed by atoms with van der Waals surface area (Å²) in [5.74, 6) is 0.311. The van der Waals surface area contributed by atoms with E-state index >= 15 is 0 Å². The fourth-order valence-corrected chi connectivity index (χ4v) is 2.89. The molecule has 6 heteroatoms. The molecule has 0 saturated carbocycles. The Hall–Kier alpha value is -1.53. The van der Waals surface area contributed by atoms with Crippen molar-refractivity contribution >= 4 is 23.7 Å². The summed E-state index contributed by atoms with van der Waals surface area (Å²) < 4.78 is 5.00. The molecule has 5 nitrogen and oxygen atoms in total. The van der Waals surface area contributed by atoms with Gasteiger partial charge in [-0.3, -0.25) is 4.79 Å². The lowest BCUT2D eigenvalue weighted by Crippen LogP contribution is -2.30. The molecule has 0 aliphatic heterocycles. The van der Waals surface area contributed by atoms with E-state index in [9.17, 15) is 9.59 Å². The third-order valence-electron chi connectivity index (χ3n) is 3.27. The molecule has 0 radical (unpaired) electrons. The van der Waals surface area contributed by atoms with Gasteiger partial charge >= 0.3 is 11.9 Å². The number of carbonyl (C=O) groups excluding carboxylic acids is 1. The van der Waals surface area contributed by atoms with Gasteiger partial charge in [0.1, 0.15) is 6.04 Å². The van der Waals surface area contributed by atoms with E-state index in [1.54, 1.807) is 24.8 Å². The van der Waals surface area contributed by atoms with Gasteiger partial charge in [0.25, 0.3) is 0 Å². The van der Waals surface area contributed by atoms with Crippen molar-refractivity contribution in [3.63, 3.8) is 0 Å². The van der Waals surface area contributed by atoms with Crippen molar-refractivity contribution in [2.24, 2.45) is 5.73 Å². The van der Waals surface area contributed by atoms with Crippen LogP contribution in [0.25, 0.3) is 0 Å². The van der Waals surface area contributed by atoms with Crippen molar-refractivity contribution < 1.29 is 19.4 Å². The van der Waals surface area contributed by atoms with Gasteiger partial charge in [0, 0.05) is 0 Å². The zero-order valence-electron chi connectivity index (χ0n) is 13.0. The summed E-state index contributed by atoms with van der Waals surface area (Å²) in [6.45, 7) is 4.16. The second-order valence-corrected chi connectivity index (χ2v) is 6.18. The van der Waals surface area contributed by atoms with E-state index in [4.69, 9.17) is 15.6 Å². The first-order chi connectivity index (χ1) is 10.5. The lowest BCUT2D eigenvalue weighted by Gasteiger charge is -2.09. The first-order valence-electron chi connectivity index (χ1n) is 7.28. The average Bonchev–Trinajstić information content (AvgIpc) is 2.48. The number of aliphatic carboxylic acids is 1. The lowest BCUT2D eigenvalue weighted by atomic mass is 10.0. The Bertz CT molecular complexity index is 519. The van der Waals surface area contributed by atoms with Crippen molar-refractivity contribution in [3.05, 3.63) is 34.9 Å². The van der Waals surface area contributed by atoms with Crippen LogP contribution >= 0.6 is 11.8 Å². The van der Waals surface area contributed by atoms with Crippen molar-refractivity contribution in [2.45, 2.75) is 32.7 Å². The van der Waals surface area contributed by atoms with Crippen molar-refractivity contribution in [1.29, 1.82) is 0 Å². The monoisotopic (exact) mass is 325 g/mol. The second kappa shape index (κ2) is 9.48. The second-order valence-electron chi connectivity index (χ2n) is 4.96. The minimum absolute atomic E-state index is 0.302. The Morgan fingerprint density at radius 2 is 2.09 bits per heavy atom. The zero-order valence-corrected chi connectivity index (χ0v) is 13.8. The molecule has 0 saturated heterocycles. The van der Waals surface area contributed by atoms with Crippen molar-refractivity contribution in [2.75, 3.05) is 18.1 Å². The van der Waals surface area contributed by atoms with Gasteiger partial charge in [-0.1, -0.05) is 6.07 Å². The summed E-state index contributed by atoms with van der Waals surface area (Å²) in [5, 5.41) is 8.70. The quantitative estimate of drug-likeness (QED) is 0.535. The SMILES string of the molecule is CCOC(=O)c1ccc(C)c(CCSCCC(N)C(=O)O)c1. The maximum absolute atomic E-state index is 11.7. The molecule has 0 heterocycles. The van der Waals surface area contributed by atoms with Gasteiger partial charge in [-0.2, -0.15) is 11.8 Å². The summed E-state index contributed by atoms with van der Waals surface area (Å²) in [5.41, 5.74) is 8.27. The van der Waals surface area contributed by atoms with E-state index in [1.807, 2.05) is 19.1 Å². The molecule has 0 aliphatic rings. The molecular weight excluding hydrogens is 302 g/mol. The number of carbonyl (C=O) groups is 2. The number of hydrogen-bond donors (Lipinski definition) is 2.